The van der Waals surface area contributed by atoms with Crippen molar-refractivity contribution in [3.05, 3.63) is 24.3 Å². The quantitative estimate of drug-likeness (QED) is 0.825. The van der Waals surface area contributed by atoms with Gasteiger partial charge in [0.05, 0.1) is 4.90 Å². The lowest BCUT2D eigenvalue weighted by molar-refractivity contribution is -0.129. The van der Waals surface area contributed by atoms with Crippen LogP contribution in [-0.4, -0.2) is 46.4 Å². The van der Waals surface area contributed by atoms with Crippen LogP contribution in [0, 0.1) is 0 Å². The molecule has 7 heteroatoms. The Hall–Kier alpha value is -1.60. The van der Waals surface area contributed by atoms with Crippen LogP contribution < -0.4 is 10.0 Å². The SMILES string of the molecule is CNS(=O)(=O)c1ccc(NC(C)C(=O)N(C)C)cc1. The molecule has 1 atom stereocenters. The minimum atomic E-state index is -3.43. The molecule has 2 N–H and O–H groups in total. The predicted octanol–water partition coefficient (Wildman–Crippen LogP) is 0.483. The van der Waals surface area contributed by atoms with Crippen molar-refractivity contribution in [2.24, 2.45) is 0 Å². The molecule has 0 aromatic heterocycles. The maximum absolute atomic E-state index is 11.7. The van der Waals surface area contributed by atoms with E-state index < -0.39 is 10.0 Å². The normalized spacial score (nSPS) is 12.8. The first-order valence-corrected chi connectivity index (χ1v) is 7.27. The second kappa shape index (κ2) is 6.03. The van der Waals surface area contributed by atoms with Crippen molar-refractivity contribution in [2.45, 2.75) is 17.9 Å². The summed E-state index contributed by atoms with van der Waals surface area (Å²) in [6, 6.07) is 5.86. The minimum absolute atomic E-state index is 0.0491. The minimum Gasteiger partial charge on any atom is -0.374 e. The Kier molecular flexibility index (Phi) is 4.90. The first-order valence-electron chi connectivity index (χ1n) is 5.79. The number of nitrogens with zero attached hydrogens (tertiary/aromatic N) is 1. The van der Waals surface area contributed by atoms with Crippen molar-refractivity contribution in [3.8, 4) is 0 Å². The van der Waals surface area contributed by atoms with Crippen LogP contribution in [0.15, 0.2) is 29.2 Å². The third-order valence-corrected chi connectivity index (χ3v) is 4.06. The van der Waals surface area contributed by atoms with Crippen molar-refractivity contribution in [1.82, 2.24) is 9.62 Å². The summed E-state index contributed by atoms with van der Waals surface area (Å²) in [6.07, 6.45) is 0. The predicted molar refractivity (Wildman–Crippen MR) is 74.5 cm³/mol. The summed E-state index contributed by atoms with van der Waals surface area (Å²) >= 11 is 0. The number of carbonyl (C=O) groups excluding carboxylic acids is 1. The molecule has 106 valence electrons. The monoisotopic (exact) mass is 285 g/mol. The van der Waals surface area contributed by atoms with E-state index in [1.165, 1.54) is 24.1 Å². The van der Waals surface area contributed by atoms with Gasteiger partial charge in [-0.05, 0) is 38.2 Å². The largest absolute Gasteiger partial charge is 0.374 e. The Morgan fingerprint density at radius 2 is 1.74 bits per heavy atom. The summed E-state index contributed by atoms with van der Waals surface area (Å²) < 4.78 is 25.3. The molecule has 0 saturated heterocycles. The molecule has 0 aliphatic carbocycles. The number of rotatable bonds is 5. The topological polar surface area (TPSA) is 78.5 Å². The Labute approximate surface area is 113 Å². The van der Waals surface area contributed by atoms with Gasteiger partial charge in [-0.3, -0.25) is 4.79 Å². The molecule has 6 nitrogen and oxygen atoms in total. The molecule has 0 aliphatic heterocycles. The van der Waals surface area contributed by atoms with Gasteiger partial charge in [-0.15, -0.1) is 0 Å². The van der Waals surface area contributed by atoms with E-state index in [1.54, 1.807) is 33.2 Å². The lowest BCUT2D eigenvalue weighted by Crippen LogP contribution is -2.36. The van der Waals surface area contributed by atoms with Crippen LogP contribution >= 0.6 is 0 Å². The van der Waals surface area contributed by atoms with Gasteiger partial charge in [0.2, 0.25) is 15.9 Å². The number of carbonyl (C=O) groups is 1. The Morgan fingerprint density at radius 1 is 1.21 bits per heavy atom. The van der Waals surface area contributed by atoms with Crippen molar-refractivity contribution in [2.75, 3.05) is 26.5 Å². The highest BCUT2D eigenvalue weighted by molar-refractivity contribution is 7.89. The lowest BCUT2D eigenvalue weighted by atomic mass is 10.2. The van der Waals surface area contributed by atoms with E-state index in [-0.39, 0.29) is 16.8 Å². The number of likely N-dealkylation sites (N-methyl/N-ethyl adjacent to an activating group) is 1. The van der Waals surface area contributed by atoms with Crippen molar-refractivity contribution >= 4 is 21.6 Å². The van der Waals surface area contributed by atoms with Crippen LogP contribution in [-0.2, 0) is 14.8 Å². The van der Waals surface area contributed by atoms with Crippen molar-refractivity contribution < 1.29 is 13.2 Å². The maximum atomic E-state index is 11.7. The zero-order valence-corrected chi connectivity index (χ0v) is 12.3. The fourth-order valence-corrected chi connectivity index (χ4v) is 2.28. The van der Waals surface area contributed by atoms with Crippen LogP contribution in [0.3, 0.4) is 0 Å². The summed E-state index contributed by atoms with van der Waals surface area (Å²) in [5.74, 6) is -0.0491. The van der Waals surface area contributed by atoms with Gasteiger partial charge >= 0.3 is 0 Å². The molecular weight excluding hydrogens is 266 g/mol. The highest BCUT2D eigenvalue weighted by Gasteiger charge is 2.15. The molecule has 0 aliphatic rings. The summed E-state index contributed by atoms with van der Waals surface area (Å²) in [6.45, 7) is 1.75. The van der Waals surface area contributed by atoms with E-state index in [0.29, 0.717) is 5.69 Å². The number of benzene rings is 1. The van der Waals surface area contributed by atoms with Crippen LogP contribution in [0.25, 0.3) is 0 Å². The molecule has 0 fully saturated rings. The van der Waals surface area contributed by atoms with Gasteiger partial charge in [0.25, 0.3) is 0 Å². The van der Waals surface area contributed by atoms with E-state index in [2.05, 4.69) is 10.0 Å². The Morgan fingerprint density at radius 3 is 2.16 bits per heavy atom. The standard InChI is InChI=1S/C12H19N3O3S/c1-9(12(16)15(3)4)14-10-5-7-11(8-6-10)19(17,18)13-2/h5-9,13-14H,1-4H3. The number of hydrogen-bond acceptors (Lipinski definition) is 4. The van der Waals surface area contributed by atoms with Gasteiger partial charge in [-0.2, -0.15) is 0 Å². The van der Waals surface area contributed by atoms with Crippen LogP contribution in [0.4, 0.5) is 5.69 Å². The van der Waals surface area contributed by atoms with E-state index in [0.717, 1.165) is 0 Å². The van der Waals surface area contributed by atoms with Crippen LogP contribution in [0.1, 0.15) is 6.92 Å². The molecule has 0 saturated carbocycles. The zero-order chi connectivity index (χ0) is 14.6. The van der Waals surface area contributed by atoms with Crippen molar-refractivity contribution in [1.29, 1.82) is 0 Å². The molecule has 0 heterocycles. The molecular formula is C12H19N3O3S. The number of anilines is 1. The smallest absolute Gasteiger partial charge is 0.244 e. The van der Waals surface area contributed by atoms with Gasteiger partial charge < -0.3 is 10.2 Å². The van der Waals surface area contributed by atoms with Gasteiger partial charge in [0.15, 0.2) is 0 Å². The highest BCUT2D eigenvalue weighted by atomic mass is 32.2. The second-order valence-corrected chi connectivity index (χ2v) is 6.22. The van der Waals surface area contributed by atoms with Crippen LogP contribution in [0.2, 0.25) is 0 Å². The number of nitrogens with one attached hydrogen (secondary N) is 2. The molecule has 0 spiro atoms. The van der Waals surface area contributed by atoms with Gasteiger partial charge in [0, 0.05) is 19.8 Å². The van der Waals surface area contributed by atoms with E-state index in [9.17, 15) is 13.2 Å². The van der Waals surface area contributed by atoms with Gasteiger partial charge in [0.1, 0.15) is 6.04 Å². The average Bonchev–Trinajstić information content (AvgIpc) is 2.38. The highest BCUT2D eigenvalue weighted by Crippen LogP contribution is 2.14. The Bertz CT molecular complexity index is 538. The zero-order valence-electron chi connectivity index (χ0n) is 11.5. The fourth-order valence-electron chi connectivity index (χ4n) is 1.55. The molecule has 1 unspecified atom stereocenters. The Balaban J connectivity index is 2.81. The summed E-state index contributed by atoms with van der Waals surface area (Å²) in [7, 11) is 1.30. The number of sulfonamides is 1. The second-order valence-electron chi connectivity index (χ2n) is 4.33. The first kappa shape index (κ1) is 15.5. The third kappa shape index (κ3) is 3.93. The molecule has 0 bridgehead atoms. The summed E-state index contributed by atoms with van der Waals surface area (Å²) in [5, 5.41) is 3.01. The van der Waals surface area contributed by atoms with E-state index in [1.807, 2.05) is 0 Å². The molecule has 1 amide bonds. The lowest BCUT2D eigenvalue weighted by Gasteiger charge is -2.19. The van der Waals surface area contributed by atoms with Gasteiger partial charge in [-0.25, -0.2) is 13.1 Å². The van der Waals surface area contributed by atoms with Gasteiger partial charge in [-0.1, -0.05) is 0 Å². The molecule has 1 rings (SSSR count). The third-order valence-electron chi connectivity index (χ3n) is 2.63. The van der Waals surface area contributed by atoms with Crippen molar-refractivity contribution in [3.63, 3.8) is 0 Å². The molecule has 1 aromatic rings. The summed E-state index contributed by atoms with van der Waals surface area (Å²) in [5.41, 5.74) is 0.692. The first-order chi connectivity index (χ1) is 8.77. The average molecular weight is 285 g/mol. The van der Waals surface area contributed by atoms with E-state index >= 15 is 0 Å². The van der Waals surface area contributed by atoms with E-state index in [4.69, 9.17) is 0 Å². The molecule has 1 aromatic carbocycles. The summed E-state index contributed by atoms with van der Waals surface area (Å²) in [4.78, 5) is 13.4. The number of hydrogen-bond donors (Lipinski definition) is 2. The maximum Gasteiger partial charge on any atom is 0.244 e. The molecule has 19 heavy (non-hydrogen) atoms. The molecule has 0 radical (unpaired) electrons. The number of amides is 1. The van der Waals surface area contributed by atoms with Crippen LogP contribution in [0.5, 0.6) is 0 Å². The fraction of sp³-hybridized carbons (Fsp3) is 0.417.